The Kier molecular flexibility index (Phi) is 5.56. The highest BCUT2D eigenvalue weighted by Crippen LogP contribution is 2.31. The number of aromatic nitrogens is 2. The van der Waals surface area contributed by atoms with E-state index in [9.17, 15) is 4.79 Å². The molecule has 0 saturated carbocycles. The number of carbonyl (C=O) groups excluding carboxylic acids is 1. The van der Waals surface area contributed by atoms with Crippen molar-refractivity contribution >= 4 is 23.2 Å². The van der Waals surface area contributed by atoms with Gasteiger partial charge in [-0.25, -0.2) is 9.97 Å². The molecule has 1 fully saturated rings. The minimum absolute atomic E-state index is 0.115. The summed E-state index contributed by atoms with van der Waals surface area (Å²) in [4.78, 5) is 24.3. The Hall–Kier alpha value is -3.61. The summed E-state index contributed by atoms with van der Waals surface area (Å²) in [6.07, 6.45) is 1.55. The predicted octanol–water partition coefficient (Wildman–Crippen LogP) is 3.68. The molecule has 2 aromatic carbocycles. The van der Waals surface area contributed by atoms with Gasteiger partial charge in [0.15, 0.2) is 5.75 Å². The second-order valence-electron chi connectivity index (χ2n) is 6.79. The highest BCUT2D eigenvalue weighted by molar-refractivity contribution is 5.73. The van der Waals surface area contributed by atoms with Crippen molar-refractivity contribution in [2.45, 2.75) is 6.92 Å². The molecule has 29 heavy (non-hydrogen) atoms. The van der Waals surface area contributed by atoms with Gasteiger partial charge in [0.1, 0.15) is 23.7 Å². The first kappa shape index (κ1) is 18.7. The van der Waals surface area contributed by atoms with Crippen molar-refractivity contribution < 1.29 is 9.53 Å². The number of amides is 1. The summed E-state index contributed by atoms with van der Waals surface area (Å²) in [6.45, 7) is 4.52. The van der Waals surface area contributed by atoms with Gasteiger partial charge < -0.3 is 19.9 Å². The number of anilines is 3. The van der Waals surface area contributed by atoms with E-state index >= 15 is 0 Å². The van der Waals surface area contributed by atoms with Crippen molar-refractivity contribution in [2.24, 2.45) is 0 Å². The first-order chi connectivity index (χ1) is 14.2. The van der Waals surface area contributed by atoms with Crippen molar-refractivity contribution in [2.75, 3.05) is 36.4 Å². The number of piperazine rings is 1. The third kappa shape index (κ3) is 4.63. The fourth-order valence-corrected chi connectivity index (χ4v) is 3.25. The molecule has 0 unspecified atom stereocenters. The summed E-state index contributed by atoms with van der Waals surface area (Å²) in [7, 11) is 0. The number of ether oxygens (including phenoxy) is 1. The summed E-state index contributed by atoms with van der Waals surface area (Å²) in [5.41, 5.74) is 0.822. The average Bonchev–Trinajstić information content (AvgIpc) is 2.76. The maximum atomic E-state index is 11.5. The second kappa shape index (κ2) is 8.60. The van der Waals surface area contributed by atoms with Gasteiger partial charge >= 0.3 is 0 Å². The van der Waals surface area contributed by atoms with Crippen LogP contribution in [0.1, 0.15) is 6.92 Å². The van der Waals surface area contributed by atoms with Crippen LogP contribution in [0.5, 0.6) is 11.5 Å². The molecule has 1 aliphatic rings. The number of para-hydroxylation sites is 3. The van der Waals surface area contributed by atoms with Gasteiger partial charge in [0, 0.05) is 39.2 Å². The van der Waals surface area contributed by atoms with Crippen LogP contribution in [-0.2, 0) is 4.79 Å². The summed E-state index contributed by atoms with van der Waals surface area (Å²) >= 11 is 0. The van der Waals surface area contributed by atoms with Gasteiger partial charge in [-0.15, -0.1) is 0 Å². The number of nitrogens with zero attached hydrogens (tertiary/aromatic N) is 4. The average molecular weight is 389 g/mol. The molecular formula is C22H23N5O2. The Morgan fingerprint density at radius 1 is 0.966 bits per heavy atom. The summed E-state index contributed by atoms with van der Waals surface area (Å²) in [5.74, 6) is 3.13. The maximum Gasteiger partial charge on any atom is 0.219 e. The van der Waals surface area contributed by atoms with Gasteiger partial charge in [-0.3, -0.25) is 4.79 Å². The molecule has 3 aromatic rings. The van der Waals surface area contributed by atoms with Gasteiger partial charge in [0.2, 0.25) is 5.91 Å². The van der Waals surface area contributed by atoms with E-state index in [0.29, 0.717) is 24.7 Å². The molecule has 4 rings (SSSR count). The van der Waals surface area contributed by atoms with Crippen molar-refractivity contribution in [3.8, 4) is 11.5 Å². The number of nitrogens with one attached hydrogen (secondary N) is 1. The van der Waals surface area contributed by atoms with Crippen LogP contribution >= 0.6 is 0 Å². The minimum atomic E-state index is 0.115. The Balaban J connectivity index is 1.48. The molecule has 1 N–H and O–H groups in total. The molecular weight excluding hydrogens is 366 g/mol. The molecule has 7 heteroatoms. The normalized spacial score (nSPS) is 13.8. The zero-order chi connectivity index (χ0) is 20.1. The molecule has 0 bridgehead atoms. The summed E-state index contributed by atoms with van der Waals surface area (Å²) in [5, 5.41) is 3.33. The highest BCUT2D eigenvalue weighted by atomic mass is 16.5. The molecule has 0 atom stereocenters. The number of rotatable bonds is 5. The topological polar surface area (TPSA) is 70.6 Å². The van der Waals surface area contributed by atoms with E-state index < -0.39 is 0 Å². The minimum Gasteiger partial charge on any atom is -0.455 e. The van der Waals surface area contributed by atoms with Crippen LogP contribution in [0.3, 0.4) is 0 Å². The lowest BCUT2D eigenvalue weighted by Gasteiger charge is -2.34. The molecule has 1 aromatic heterocycles. The molecule has 7 nitrogen and oxygen atoms in total. The van der Waals surface area contributed by atoms with Crippen molar-refractivity contribution in [3.63, 3.8) is 0 Å². The molecule has 1 aliphatic heterocycles. The second-order valence-corrected chi connectivity index (χ2v) is 6.79. The lowest BCUT2D eigenvalue weighted by atomic mass is 10.2. The van der Waals surface area contributed by atoms with E-state index in [0.717, 1.165) is 30.3 Å². The van der Waals surface area contributed by atoms with E-state index in [1.54, 1.807) is 13.3 Å². The van der Waals surface area contributed by atoms with Crippen LogP contribution < -0.4 is 15.0 Å². The van der Waals surface area contributed by atoms with Gasteiger partial charge in [-0.1, -0.05) is 30.3 Å². The maximum absolute atomic E-state index is 11.5. The largest absolute Gasteiger partial charge is 0.455 e. The van der Waals surface area contributed by atoms with E-state index in [-0.39, 0.29) is 5.91 Å². The smallest absolute Gasteiger partial charge is 0.219 e. The zero-order valence-corrected chi connectivity index (χ0v) is 16.3. The lowest BCUT2D eigenvalue weighted by Crippen LogP contribution is -2.48. The van der Waals surface area contributed by atoms with E-state index in [1.165, 1.54) is 0 Å². The quantitative estimate of drug-likeness (QED) is 0.718. The van der Waals surface area contributed by atoms with Gasteiger partial charge in [-0.05, 0) is 24.3 Å². The van der Waals surface area contributed by atoms with Crippen LogP contribution in [0, 0.1) is 0 Å². The van der Waals surface area contributed by atoms with Crippen molar-refractivity contribution in [1.29, 1.82) is 0 Å². The molecule has 0 spiro atoms. The van der Waals surface area contributed by atoms with Gasteiger partial charge in [0.25, 0.3) is 0 Å². The molecule has 0 radical (unpaired) electrons. The number of benzene rings is 2. The molecule has 1 amide bonds. The Morgan fingerprint density at radius 3 is 2.45 bits per heavy atom. The predicted molar refractivity (Wildman–Crippen MR) is 113 cm³/mol. The lowest BCUT2D eigenvalue weighted by molar-refractivity contribution is -0.129. The highest BCUT2D eigenvalue weighted by Gasteiger charge is 2.20. The number of hydrogen-bond donors (Lipinski definition) is 1. The van der Waals surface area contributed by atoms with Crippen LogP contribution in [-0.4, -0.2) is 47.0 Å². The van der Waals surface area contributed by atoms with Crippen LogP contribution in [0.15, 0.2) is 67.0 Å². The SMILES string of the molecule is CC(=O)N1CCN(c2cc(Nc3ccccc3Oc3ccccc3)ncn2)CC1. The van der Waals surface area contributed by atoms with Crippen molar-refractivity contribution in [1.82, 2.24) is 14.9 Å². The molecule has 0 aliphatic carbocycles. The number of hydrogen-bond acceptors (Lipinski definition) is 6. The van der Waals surface area contributed by atoms with Gasteiger partial charge in [-0.2, -0.15) is 0 Å². The van der Waals surface area contributed by atoms with Crippen molar-refractivity contribution in [3.05, 3.63) is 67.0 Å². The third-order valence-corrected chi connectivity index (χ3v) is 4.82. The first-order valence-corrected chi connectivity index (χ1v) is 9.60. The Bertz CT molecular complexity index is 972. The van der Waals surface area contributed by atoms with E-state index in [2.05, 4.69) is 20.2 Å². The molecule has 1 saturated heterocycles. The zero-order valence-electron chi connectivity index (χ0n) is 16.3. The van der Waals surface area contributed by atoms with Crippen LogP contribution in [0.25, 0.3) is 0 Å². The molecule has 2 heterocycles. The third-order valence-electron chi connectivity index (χ3n) is 4.82. The van der Waals surface area contributed by atoms with Crippen LogP contribution in [0.4, 0.5) is 17.3 Å². The summed E-state index contributed by atoms with van der Waals surface area (Å²) in [6, 6.07) is 19.3. The fourth-order valence-electron chi connectivity index (χ4n) is 3.25. The Labute approximate surface area is 170 Å². The fraction of sp³-hybridized carbons (Fsp3) is 0.227. The monoisotopic (exact) mass is 389 g/mol. The Morgan fingerprint density at radius 2 is 1.69 bits per heavy atom. The van der Waals surface area contributed by atoms with E-state index in [4.69, 9.17) is 4.74 Å². The van der Waals surface area contributed by atoms with Gasteiger partial charge in [0.05, 0.1) is 5.69 Å². The standard InChI is InChI=1S/C22H23N5O2/c1-17(28)26-11-13-27(14-12-26)22-15-21(23-16-24-22)25-19-9-5-6-10-20(19)29-18-7-3-2-4-8-18/h2-10,15-16H,11-14H2,1H3,(H,23,24,25). The van der Waals surface area contributed by atoms with Crippen LogP contribution in [0.2, 0.25) is 0 Å². The first-order valence-electron chi connectivity index (χ1n) is 9.60. The molecule has 148 valence electrons. The summed E-state index contributed by atoms with van der Waals surface area (Å²) < 4.78 is 6.01. The number of carbonyl (C=O) groups is 1. The van der Waals surface area contributed by atoms with E-state index in [1.807, 2.05) is 65.6 Å².